The summed E-state index contributed by atoms with van der Waals surface area (Å²) in [5.41, 5.74) is 31.9. The minimum absolute atomic E-state index is 0.108. The van der Waals surface area contributed by atoms with E-state index >= 15 is 0 Å². The minimum Gasteiger partial charge on any atom is -0.436 e. The fourth-order valence-electron chi connectivity index (χ4n) is 23.1. The molecule has 636 valence electrons. The molecule has 30 rings (SSSR count). The van der Waals surface area contributed by atoms with Crippen LogP contribution in [0.1, 0.15) is 74.9 Å². The molecule has 0 saturated heterocycles. The lowest BCUT2D eigenvalue weighted by Gasteiger charge is -2.21. The second-order valence-corrected chi connectivity index (χ2v) is 39.9. The molecule has 0 unspecified atom stereocenters. The van der Waals surface area contributed by atoms with Gasteiger partial charge in [-0.2, -0.15) is 4.98 Å². The Labute approximate surface area is 783 Å². The first-order chi connectivity index (χ1) is 66.2. The molecule has 18 aromatic carbocycles. The normalized spacial score (nSPS) is 13.7. The van der Waals surface area contributed by atoms with Gasteiger partial charge in [0, 0.05) is 90.8 Å². The van der Waals surface area contributed by atoms with Crippen molar-refractivity contribution in [1.29, 1.82) is 0 Å². The quantitative estimate of drug-likeness (QED) is 0.163. The molecule has 10 nitrogen and oxygen atoms in total. The van der Waals surface area contributed by atoms with Gasteiger partial charge >= 0.3 is 0 Å². The topological polar surface area (TPSA) is 105 Å². The fraction of sp³-hybridized carbons (Fsp3) is 0.0732. The Morgan fingerprint density at radius 3 is 0.941 bits per heavy atom. The molecule has 0 aliphatic heterocycles. The van der Waals surface area contributed by atoms with E-state index in [1.54, 1.807) is 22.7 Å². The Kier molecular flexibility index (Phi) is 16.5. The lowest BCUT2D eigenvalue weighted by Crippen LogP contribution is -2.14. The standard InChI is InChI=1S/C41H27N3O.2C41H27N3S/c1-41(2)31-18-8-5-15-27(31)36-29(17-11-19-32(36)41)37-39(43-40-38(42-37)28-16-7-10-21-35(28)45-40)44-33-20-9-6-14-26(33)30-22-24-12-3-4-13-25(24)23-34(30)44;1-41(2)31-18-8-5-15-27(31)36-29(17-11-19-32(36)41)37-39(42-38-28-16-7-10-21-35(28)45-40(38)43-37)44-33-20-9-6-14-26(33)30-22-24-12-3-4-13-25(24)23-34(30)44;1-41(2)31-18-8-5-15-27(31)36-29(17-11-19-32(36)41)37-39(43-40-38(42-37)28-16-7-10-21-35(28)45-40)44-33-20-9-6-14-26(33)30-22-24-12-3-4-13-25(24)23-34(30)44/h3*3-23H,1-2H3. The predicted octanol–water partition coefficient (Wildman–Crippen LogP) is 32.7. The maximum atomic E-state index is 6.37. The first kappa shape index (κ1) is 77.4. The molecule has 135 heavy (non-hydrogen) atoms. The summed E-state index contributed by atoms with van der Waals surface area (Å²) < 4.78 is 15.8. The highest BCUT2D eigenvalue weighted by atomic mass is 32.1. The molecule has 0 spiro atoms. The summed E-state index contributed by atoms with van der Waals surface area (Å²) in [4.78, 5) is 35.0. The van der Waals surface area contributed by atoms with Gasteiger partial charge in [-0.1, -0.05) is 345 Å². The van der Waals surface area contributed by atoms with Crippen molar-refractivity contribution in [2.24, 2.45) is 0 Å². The highest BCUT2D eigenvalue weighted by Gasteiger charge is 2.42. The minimum atomic E-state index is -0.131. The van der Waals surface area contributed by atoms with Crippen molar-refractivity contribution >= 4 is 183 Å². The lowest BCUT2D eigenvalue weighted by atomic mass is 9.82. The van der Waals surface area contributed by atoms with Crippen LogP contribution in [0, 0.1) is 0 Å². The van der Waals surface area contributed by atoms with Crippen molar-refractivity contribution in [3.05, 3.63) is 416 Å². The van der Waals surface area contributed by atoms with Crippen LogP contribution in [0.15, 0.2) is 387 Å². The number of aromatic nitrogens is 9. The number of para-hydroxylation sites is 4. The molecule has 0 atom stereocenters. The molecular formula is C123H81N9OS2. The Balaban J connectivity index is 0.000000101. The van der Waals surface area contributed by atoms with Crippen LogP contribution in [0.25, 0.3) is 245 Å². The van der Waals surface area contributed by atoms with Crippen LogP contribution in [-0.2, 0) is 16.2 Å². The first-order valence-corrected chi connectivity index (χ1v) is 47.9. The van der Waals surface area contributed by atoms with Gasteiger partial charge in [0.15, 0.2) is 17.5 Å². The van der Waals surface area contributed by atoms with Gasteiger partial charge in [0.2, 0.25) is 5.71 Å². The lowest BCUT2D eigenvalue weighted by molar-refractivity contribution is 0.651. The molecule has 0 saturated carbocycles. The summed E-state index contributed by atoms with van der Waals surface area (Å²) in [5.74, 6) is 2.49. The van der Waals surface area contributed by atoms with Gasteiger partial charge in [0.05, 0.1) is 33.1 Å². The second kappa shape index (κ2) is 28.8. The van der Waals surface area contributed by atoms with Gasteiger partial charge in [-0.05, 0) is 178 Å². The van der Waals surface area contributed by atoms with Crippen molar-refractivity contribution in [3.8, 4) is 84.6 Å². The van der Waals surface area contributed by atoms with E-state index in [0.29, 0.717) is 5.71 Å². The van der Waals surface area contributed by atoms with Crippen molar-refractivity contribution < 1.29 is 4.42 Å². The molecule has 0 radical (unpaired) electrons. The van der Waals surface area contributed by atoms with E-state index in [1.807, 2.05) is 18.2 Å². The Morgan fingerprint density at radius 1 is 0.222 bits per heavy atom. The predicted molar refractivity (Wildman–Crippen MR) is 564 cm³/mol. The summed E-state index contributed by atoms with van der Waals surface area (Å²) in [5, 5.41) is 17.8. The summed E-state index contributed by atoms with van der Waals surface area (Å²) in [6.07, 6.45) is 0. The number of fused-ring (bicyclic) bond motifs is 30. The van der Waals surface area contributed by atoms with Crippen molar-refractivity contribution in [1.82, 2.24) is 43.6 Å². The van der Waals surface area contributed by atoms with E-state index in [-0.39, 0.29) is 16.2 Å². The zero-order valence-electron chi connectivity index (χ0n) is 74.6. The Hall–Kier alpha value is -16.4. The van der Waals surface area contributed by atoms with Gasteiger partial charge in [-0.15, -0.1) is 22.7 Å². The summed E-state index contributed by atoms with van der Waals surface area (Å²) in [6.45, 7) is 14.0. The van der Waals surface area contributed by atoms with E-state index in [1.165, 1.54) is 141 Å². The maximum Gasteiger partial charge on any atom is 0.248 e. The molecule has 0 fully saturated rings. The fourth-order valence-corrected chi connectivity index (χ4v) is 25.1. The van der Waals surface area contributed by atoms with Crippen molar-refractivity contribution in [3.63, 3.8) is 0 Å². The summed E-state index contributed by atoms with van der Waals surface area (Å²) in [6, 6.07) is 137. The third kappa shape index (κ3) is 11.3. The zero-order chi connectivity index (χ0) is 89.6. The van der Waals surface area contributed by atoms with Gasteiger partial charge < -0.3 is 4.42 Å². The van der Waals surface area contributed by atoms with Crippen LogP contribution in [0.5, 0.6) is 0 Å². The van der Waals surface area contributed by atoms with Crippen LogP contribution >= 0.6 is 22.7 Å². The van der Waals surface area contributed by atoms with E-state index in [9.17, 15) is 0 Å². The average Bonchev–Trinajstić information content (AvgIpc) is 1.56. The van der Waals surface area contributed by atoms with E-state index in [4.69, 9.17) is 34.3 Å². The number of hydrogen-bond donors (Lipinski definition) is 0. The first-order valence-electron chi connectivity index (χ1n) is 46.3. The summed E-state index contributed by atoms with van der Waals surface area (Å²) >= 11 is 3.44. The molecule has 27 aromatic rings. The Bertz CT molecular complexity index is 9470. The van der Waals surface area contributed by atoms with Crippen LogP contribution in [-0.4, -0.2) is 43.6 Å². The highest BCUT2D eigenvalue weighted by molar-refractivity contribution is 7.25. The van der Waals surface area contributed by atoms with Crippen LogP contribution < -0.4 is 0 Å². The Morgan fingerprint density at radius 2 is 0.519 bits per heavy atom. The van der Waals surface area contributed by atoms with Crippen LogP contribution in [0.2, 0.25) is 0 Å². The monoisotopic (exact) mass is 1760 g/mol. The van der Waals surface area contributed by atoms with E-state index in [0.717, 1.165) is 132 Å². The molecule has 3 aliphatic carbocycles. The molecule has 9 heterocycles. The van der Waals surface area contributed by atoms with Crippen molar-refractivity contribution in [2.45, 2.75) is 57.8 Å². The number of benzene rings is 18. The number of nitrogens with zero attached hydrogens (tertiary/aromatic N) is 9. The SMILES string of the molecule is CC1(C)c2ccccc2-c2c(-c3nc4c(nc3-n3c5ccccc5c5cc6ccccc6cc53)oc3ccccc34)cccc21.CC1(C)c2ccccc2-c2c(-c3nc4c(nc3-n3c5ccccc5c5cc6ccccc6cc53)sc3ccccc34)cccc21.CC1(C)c2ccccc2-c2c(-c3nc4sc5ccccc5c4nc3-n3c4ccccc4c4cc5ccccc5cc43)cccc21. The van der Waals surface area contributed by atoms with Crippen LogP contribution in [0.4, 0.5) is 0 Å². The molecule has 9 aromatic heterocycles. The number of rotatable bonds is 6. The van der Waals surface area contributed by atoms with E-state index < -0.39 is 0 Å². The van der Waals surface area contributed by atoms with E-state index in [2.05, 4.69) is 419 Å². The number of hydrogen-bond acceptors (Lipinski definition) is 9. The highest BCUT2D eigenvalue weighted by Crippen LogP contribution is 2.58. The molecule has 0 bridgehead atoms. The smallest absolute Gasteiger partial charge is 0.248 e. The molecule has 3 aliphatic rings. The number of furan rings is 1. The van der Waals surface area contributed by atoms with Gasteiger partial charge in [-0.25, -0.2) is 24.9 Å². The maximum absolute atomic E-state index is 6.37. The second-order valence-electron chi connectivity index (χ2n) is 37.8. The van der Waals surface area contributed by atoms with Crippen LogP contribution in [0.3, 0.4) is 0 Å². The molecular weight excluding hydrogens is 1680 g/mol. The van der Waals surface area contributed by atoms with Gasteiger partial charge in [0.1, 0.15) is 48.9 Å². The third-order valence-electron chi connectivity index (χ3n) is 29.4. The molecule has 12 heteroatoms. The van der Waals surface area contributed by atoms with Crippen molar-refractivity contribution in [2.75, 3.05) is 0 Å². The molecule has 0 N–H and O–H groups in total. The summed E-state index contributed by atoms with van der Waals surface area (Å²) in [7, 11) is 0. The number of thiophene rings is 2. The largest absolute Gasteiger partial charge is 0.436 e. The zero-order valence-corrected chi connectivity index (χ0v) is 76.3. The average molecular weight is 1770 g/mol. The molecule has 0 amide bonds. The van der Waals surface area contributed by atoms with Gasteiger partial charge in [-0.3, -0.25) is 13.7 Å². The third-order valence-corrected chi connectivity index (χ3v) is 31.5. The van der Waals surface area contributed by atoms with Gasteiger partial charge in [0.25, 0.3) is 0 Å².